The lowest BCUT2D eigenvalue weighted by Gasteiger charge is -2.17. The van der Waals surface area contributed by atoms with Gasteiger partial charge in [0.1, 0.15) is 12.4 Å². The standard InChI is InChI=1S/C16H13F4N5O3/c1-21-15(28)13-23-12(10-5-22-11(26)6-25(10)13)24-14(27)7-2-8(16(18,19)20)4-9(17)3-7/h2-4H,5-6H2,1H3,(H,21,28)(H,22,26)(H,24,27). The third-order valence-electron chi connectivity index (χ3n) is 3.98. The number of hydrogen-bond acceptors (Lipinski definition) is 4. The quantitative estimate of drug-likeness (QED) is 0.677. The Kier molecular flexibility index (Phi) is 4.79. The first-order valence-electron chi connectivity index (χ1n) is 7.87. The molecule has 0 fully saturated rings. The predicted octanol–water partition coefficient (Wildman–Crippen LogP) is 1.28. The van der Waals surface area contributed by atoms with Crippen molar-refractivity contribution in [1.29, 1.82) is 0 Å². The Morgan fingerprint density at radius 2 is 1.93 bits per heavy atom. The Morgan fingerprint density at radius 1 is 1.21 bits per heavy atom. The lowest BCUT2D eigenvalue weighted by molar-refractivity contribution is -0.137. The van der Waals surface area contributed by atoms with Crippen molar-refractivity contribution in [3.8, 4) is 0 Å². The van der Waals surface area contributed by atoms with Gasteiger partial charge in [-0.25, -0.2) is 9.37 Å². The van der Waals surface area contributed by atoms with Crippen LogP contribution in [-0.4, -0.2) is 34.3 Å². The summed E-state index contributed by atoms with van der Waals surface area (Å²) in [5, 5.41) is 7.11. The minimum Gasteiger partial charge on any atom is -0.352 e. The molecule has 1 aliphatic rings. The molecule has 1 aromatic carbocycles. The van der Waals surface area contributed by atoms with Crippen molar-refractivity contribution in [3.05, 3.63) is 46.7 Å². The van der Waals surface area contributed by atoms with Crippen LogP contribution in [0, 0.1) is 5.82 Å². The molecule has 0 saturated carbocycles. The molecule has 12 heteroatoms. The highest BCUT2D eigenvalue weighted by molar-refractivity contribution is 6.05. The second-order valence-corrected chi connectivity index (χ2v) is 5.85. The molecule has 28 heavy (non-hydrogen) atoms. The van der Waals surface area contributed by atoms with Crippen LogP contribution in [0.4, 0.5) is 23.4 Å². The molecule has 0 spiro atoms. The van der Waals surface area contributed by atoms with Gasteiger partial charge in [0.15, 0.2) is 5.82 Å². The van der Waals surface area contributed by atoms with Crippen molar-refractivity contribution >= 4 is 23.5 Å². The van der Waals surface area contributed by atoms with Crippen molar-refractivity contribution in [2.45, 2.75) is 19.3 Å². The summed E-state index contributed by atoms with van der Waals surface area (Å²) < 4.78 is 53.3. The molecule has 1 aromatic heterocycles. The Labute approximate surface area is 154 Å². The molecular weight excluding hydrogens is 386 g/mol. The summed E-state index contributed by atoms with van der Waals surface area (Å²) in [6, 6.07) is 1.42. The third kappa shape index (κ3) is 3.66. The largest absolute Gasteiger partial charge is 0.416 e. The molecule has 3 N–H and O–H groups in total. The fourth-order valence-corrected chi connectivity index (χ4v) is 2.67. The number of hydrogen-bond donors (Lipinski definition) is 3. The number of halogens is 4. The number of rotatable bonds is 3. The van der Waals surface area contributed by atoms with Crippen molar-refractivity contribution in [2.75, 3.05) is 12.4 Å². The Balaban J connectivity index is 1.96. The monoisotopic (exact) mass is 399 g/mol. The Hall–Kier alpha value is -3.44. The Morgan fingerprint density at radius 3 is 2.57 bits per heavy atom. The van der Waals surface area contributed by atoms with Crippen LogP contribution in [0.2, 0.25) is 0 Å². The molecule has 3 rings (SSSR count). The molecule has 0 radical (unpaired) electrons. The normalized spacial score (nSPS) is 13.5. The van der Waals surface area contributed by atoms with Crippen LogP contribution in [0.1, 0.15) is 32.2 Å². The van der Waals surface area contributed by atoms with E-state index in [0.717, 1.165) is 0 Å². The molecule has 1 aliphatic heterocycles. The van der Waals surface area contributed by atoms with Crippen LogP contribution in [0.15, 0.2) is 18.2 Å². The van der Waals surface area contributed by atoms with E-state index in [1.54, 1.807) is 0 Å². The second kappa shape index (κ2) is 6.94. The molecule has 3 amide bonds. The van der Waals surface area contributed by atoms with Crippen LogP contribution in [0.25, 0.3) is 0 Å². The zero-order chi connectivity index (χ0) is 20.6. The number of fused-ring (bicyclic) bond motifs is 1. The van der Waals surface area contributed by atoms with Gasteiger partial charge in [0.25, 0.3) is 11.8 Å². The molecule has 8 nitrogen and oxygen atoms in total. The zero-order valence-electron chi connectivity index (χ0n) is 14.3. The van der Waals surface area contributed by atoms with E-state index in [1.165, 1.54) is 11.6 Å². The Bertz CT molecular complexity index is 983. The second-order valence-electron chi connectivity index (χ2n) is 5.85. The van der Waals surface area contributed by atoms with Gasteiger partial charge in [-0.3, -0.25) is 14.4 Å². The number of aromatic nitrogens is 2. The zero-order valence-corrected chi connectivity index (χ0v) is 14.3. The highest BCUT2D eigenvalue weighted by Gasteiger charge is 2.32. The maximum Gasteiger partial charge on any atom is 0.416 e. The number of benzene rings is 1. The highest BCUT2D eigenvalue weighted by Crippen LogP contribution is 2.30. The summed E-state index contributed by atoms with van der Waals surface area (Å²) in [6.07, 6.45) is -4.83. The van der Waals surface area contributed by atoms with Gasteiger partial charge in [-0.2, -0.15) is 13.2 Å². The maximum atomic E-state index is 13.5. The average Bonchev–Trinajstić information content (AvgIpc) is 2.97. The van der Waals surface area contributed by atoms with Crippen molar-refractivity contribution < 1.29 is 31.9 Å². The molecule has 0 aliphatic carbocycles. The fraction of sp³-hybridized carbons (Fsp3) is 0.250. The summed E-state index contributed by atoms with van der Waals surface area (Å²) in [5.74, 6) is -3.56. The van der Waals surface area contributed by atoms with Gasteiger partial charge in [0.2, 0.25) is 11.7 Å². The van der Waals surface area contributed by atoms with Crippen molar-refractivity contribution in [3.63, 3.8) is 0 Å². The molecule has 2 aromatic rings. The number of carbonyl (C=O) groups excluding carboxylic acids is 3. The molecule has 2 heterocycles. The van der Waals surface area contributed by atoms with E-state index < -0.39 is 34.9 Å². The number of alkyl halides is 3. The first-order chi connectivity index (χ1) is 13.1. The summed E-state index contributed by atoms with van der Waals surface area (Å²) in [6.45, 7) is -0.283. The fourth-order valence-electron chi connectivity index (χ4n) is 2.67. The van der Waals surface area contributed by atoms with Crippen LogP contribution < -0.4 is 16.0 Å². The summed E-state index contributed by atoms with van der Waals surface area (Å²) in [5.41, 5.74) is -1.61. The van der Waals surface area contributed by atoms with Gasteiger partial charge in [0, 0.05) is 12.6 Å². The van der Waals surface area contributed by atoms with Crippen LogP contribution >= 0.6 is 0 Å². The maximum absolute atomic E-state index is 13.5. The number of nitrogens with one attached hydrogen (secondary N) is 3. The summed E-state index contributed by atoms with van der Waals surface area (Å²) >= 11 is 0. The van der Waals surface area contributed by atoms with Gasteiger partial charge in [-0.05, 0) is 18.2 Å². The van der Waals surface area contributed by atoms with E-state index in [2.05, 4.69) is 20.9 Å². The van der Waals surface area contributed by atoms with E-state index in [4.69, 9.17) is 0 Å². The van der Waals surface area contributed by atoms with Gasteiger partial charge in [-0.1, -0.05) is 0 Å². The van der Waals surface area contributed by atoms with E-state index in [9.17, 15) is 31.9 Å². The van der Waals surface area contributed by atoms with Crippen LogP contribution in [0.3, 0.4) is 0 Å². The van der Waals surface area contributed by atoms with Crippen LogP contribution in [0.5, 0.6) is 0 Å². The van der Waals surface area contributed by atoms with Gasteiger partial charge < -0.3 is 20.5 Å². The topological polar surface area (TPSA) is 105 Å². The number of anilines is 1. The number of amides is 3. The predicted molar refractivity (Wildman–Crippen MR) is 86.8 cm³/mol. The molecular formula is C16H13F4N5O3. The number of nitrogens with zero attached hydrogens (tertiary/aromatic N) is 2. The molecule has 0 saturated heterocycles. The third-order valence-corrected chi connectivity index (χ3v) is 3.98. The van der Waals surface area contributed by atoms with E-state index in [0.29, 0.717) is 12.1 Å². The van der Waals surface area contributed by atoms with Gasteiger partial charge >= 0.3 is 6.18 Å². The van der Waals surface area contributed by atoms with Gasteiger partial charge in [-0.15, -0.1) is 0 Å². The first kappa shape index (κ1) is 19.3. The SMILES string of the molecule is CNC(=O)c1nc(NC(=O)c2cc(F)cc(C(F)(F)F)c2)c2n1CC(=O)NC2. The smallest absolute Gasteiger partial charge is 0.352 e. The lowest BCUT2D eigenvalue weighted by atomic mass is 10.1. The minimum absolute atomic E-state index is 0.0601. The number of imidazole rings is 1. The van der Waals surface area contributed by atoms with Crippen LogP contribution in [-0.2, 0) is 24.1 Å². The van der Waals surface area contributed by atoms with Crippen molar-refractivity contribution in [2.24, 2.45) is 0 Å². The summed E-state index contributed by atoms with van der Waals surface area (Å²) in [4.78, 5) is 39.9. The molecule has 0 unspecified atom stereocenters. The highest BCUT2D eigenvalue weighted by atomic mass is 19.4. The first-order valence-corrected chi connectivity index (χ1v) is 7.87. The summed E-state index contributed by atoms with van der Waals surface area (Å²) in [7, 11) is 1.34. The van der Waals surface area contributed by atoms with E-state index in [1.807, 2.05) is 0 Å². The number of carbonyl (C=O) groups is 3. The average molecular weight is 399 g/mol. The lowest BCUT2D eigenvalue weighted by Crippen LogP contribution is -2.36. The van der Waals surface area contributed by atoms with E-state index in [-0.39, 0.29) is 42.4 Å². The van der Waals surface area contributed by atoms with Crippen molar-refractivity contribution in [1.82, 2.24) is 20.2 Å². The van der Waals surface area contributed by atoms with Gasteiger partial charge in [0.05, 0.1) is 17.8 Å². The minimum atomic E-state index is -4.83. The molecule has 0 atom stereocenters. The van der Waals surface area contributed by atoms with E-state index >= 15 is 0 Å². The molecule has 148 valence electrons. The molecule has 0 bridgehead atoms.